The number of fused-ring (bicyclic) bond motifs is 3. The van der Waals surface area contributed by atoms with Crippen molar-refractivity contribution in [1.29, 1.82) is 0 Å². The number of aromatic nitrogens is 3. The first-order chi connectivity index (χ1) is 15.0. The molecule has 1 saturated carbocycles. The number of H-pyrrole nitrogens is 1. The summed E-state index contributed by atoms with van der Waals surface area (Å²) in [4.78, 5) is 23.1. The van der Waals surface area contributed by atoms with Gasteiger partial charge in [0, 0.05) is 0 Å². The fourth-order valence-electron chi connectivity index (χ4n) is 5.37. The Labute approximate surface area is 184 Å². The summed E-state index contributed by atoms with van der Waals surface area (Å²) in [7, 11) is 0. The maximum absolute atomic E-state index is 12.6. The van der Waals surface area contributed by atoms with Gasteiger partial charge in [0.1, 0.15) is 5.72 Å². The molecule has 4 aromatic rings. The van der Waals surface area contributed by atoms with Crippen LogP contribution in [0.15, 0.2) is 47.3 Å². The number of benzene rings is 2. The number of nitrogens with one attached hydrogen (secondary N) is 1. The van der Waals surface area contributed by atoms with Crippen LogP contribution in [-0.4, -0.2) is 32.4 Å². The molecule has 6 rings (SSSR count). The number of hydrogen-bond acceptors (Lipinski definition) is 5. The Morgan fingerprint density at radius 2 is 2.00 bits per heavy atom. The highest BCUT2D eigenvalue weighted by atomic mass is 32.1. The molecule has 2 aromatic carbocycles. The molecule has 2 aromatic heterocycles. The predicted molar refractivity (Wildman–Crippen MR) is 125 cm³/mol. The van der Waals surface area contributed by atoms with E-state index in [1.54, 1.807) is 15.9 Å². The second-order valence-corrected chi connectivity index (χ2v) is 10.1. The van der Waals surface area contributed by atoms with E-state index in [1.165, 1.54) is 12.8 Å². The quantitative estimate of drug-likeness (QED) is 0.500. The Bertz CT molecular complexity index is 1330. The first-order valence-electron chi connectivity index (χ1n) is 11.0. The third-order valence-electron chi connectivity index (χ3n) is 6.73. The lowest BCUT2D eigenvalue weighted by atomic mass is 9.92. The second-order valence-electron chi connectivity index (χ2n) is 9.12. The average Bonchev–Trinajstić information content (AvgIpc) is 3.38. The maximum atomic E-state index is 12.6. The lowest BCUT2D eigenvalue weighted by Crippen LogP contribution is -2.45. The van der Waals surface area contributed by atoms with Crippen molar-refractivity contribution in [2.24, 2.45) is 0 Å². The van der Waals surface area contributed by atoms with Gasteiger partial charge >= 0.3 is 5.69 Å². The van der Waals surface area contributed by atoms with Gasteiger partial charge in [-0.25, -0.2) is 9.78 Å². The monoisotopic (exact) mass is 434 g/mol. The Kier molecular flexibility index (Phi) is 4.27. The van der Waals surface area contributed by atoms with Gasteiger partial charge in [0.2, 0.25) is 0 Å². The van der Waals surface area contributed by atoms with Crippen molar-refractivity contribution < 1.29 is 4.74 Å². The van der Waals surface area contributed by atoms with Crippen LogP contribution < -0.4 is 10.6 Å². The molecule has 0 amide bonds. The largest absolute Gasteiger partial charge is 0.351 e. The molecule has 2 atom stereocenters. The van der Waals surface area contributed by atoms with E-state index in [0.29, 0.717) is 18.7 Å². The van der Waals surface area contributed by atoms with Gasteiger partial charge in [-0.2, -0.15) is 0 Å². The van der Waals surface area contributed by atoms with Gasteiger partial charge in [0.15, 0.2) is 5.13 Å². The third kappa shape index (κ3) is 3.02. The molecule has 0 spiro atoms. The highest BCUT2D eigenvalue weighted by Gasteiger charge is 2.49. The maximum Gasteiger partial charge on any atom is 0.326 e. The van der Waals surface area contributed by atoms with Crippen molar-refractivity contribution in [3.63, 3.8) is 0 Å². The SMILES string of the molecule is CC1(C)O[C@@H]2CCCC[C@H]2N1c1nc2c(Cn3c(=O)[nH]c4ccccc43)cccc2s1. The summed E-state index contributed by atoms with van der Waals surface area (Å²) in [6, 6.07) is 14.5. The van der Waals surface area contributed by atoms with Crippen LogP contribution in [0.3, 0.4) is 0 Å². The first kappa shape index (κ1) is 19.1. The third-order valence-corrected chi connectivity index (χ3v) is 7.75. The van der Waals surface area contributed by atoms with Crippen molar-refractivity contribution in [1.82, 2.24) is 14.5 Å². The average molecular weight is 435 g/mol. The minimum absolute atomic E-state index is 0.0900. The zero-order chi connectivity index (χ0) is 21.2. The Morgan fingerprint density at radius 1 is 1.16 bits per heavy atom. The molecular weight excluding hydrogens is 408 g/mol. The number of anilines is 1. The van der Waals surface area contributed by atoms with E-state index < -0.39 is 0 Å². The van der Waals surface area contributed by atoms with E-state index >= 15 is 0 Å². The highest BCUT2D eigenvalue weighted by Crippen LogP contribution is 2.45. The molecular formula is C24H26N4O2S. The summed E-state index contributed by atoms with van der Waals surface area (Å²) >= 11 is 1.73. The molecule has 2 fully saturated rings. The molecule has 31 heavy (non-hydrogen) atoms. The second kappa shape index (κ2) is 6.93. The van der Waals surface area contributed by atoms with E-state index in [2.05, 4.69) is 41.9 Å². The summed E-state index contributed by atoms with van der Waals surface area (Å²) < 4.78 is 9.38. The summed E-state index contributed by atoms with van der Waals surface area (Å²) in [6.07, 6.45) is 5.07. The van der Waals surface area contributed by atoms with E-state index in [0.717, 1.165) is 44.8 Å². The molecule has 160 valence electrons. The number of aromatic amines is 1. The van der Waals surface area contributed by atoms with Crippen molar-refractivity contribution in [3.8, 4) is 0 Å². The van der Waals surface area contributed by atoms with Crippen molar-refractivity contribution in [2.45, 2.75) is 63.9 Å². The zero-order valence-electron chi connectivity index (χ0n) is 17.8. The Morgan fingerprint density at radius 3 is 2.90 bits per heavy atom. The number of ether oxygens (including phenoxy) is 1. The van der Waals surface area contributed by atoms with Crippen molar-refractivity contribution in [3.05, 3.63) is 58.5 Å². The standard InChI is InChI=1S/C24H26N4O2S/c1-24(2)28(18-11-5-6-12-19(18)30-24)23-26-21-15(8-7-13-20(21)31-23)14-27-17-10-4-3-9-16(17)25-22(27)29/h3-4,7-10,13,18-19H,5-6,11-12,14H2,1-2H3,(H,25,29)/t18-,19-/m1/s1. The van der Waals surface area contributed by atoms with Crippen LogP contribution in [0.25, 0.3) is 21.3 Å². The van der Waals surface area contributed by atoms with Gasteiger partial charge in [0.25, 0.3) is 0 Å². The van der Waals surface area contributed by atoms with Crippen molar-refractivity contribution in [2.75, 3.05) is 4.90 Å². The number of thiazole rings is 1. The van der Waals surface area contributed by atoms with Gasteiger partial charge in [-0.1, -0.05) is 48.4 Å². The molecule has 0 unspecified atom stereocenters. The summed E-state index contributed by atoms with van der Waals surface area (Å²) in [6.45, 7) is 4.81. The molecule has 1 saturated heterocycles. The number of nitrogens with zero attached hydrogens (tertiary/aromatic N) is 3. The minimum Gasteiger partial charge on any atom is -0.351 e. The van der Waals surface area contributed by atoms with Crippen molar-refractivity contribution >= 4 is 37.7 Å². The van der Waals surface area contributed by atoms with Gasteiger partial charge in [-0.3, -0.25) is 4.57 Å². The molecule has 1 N–H and O–H groups in total. The van der Waals surface area contributed by atoms with Gasteiger partial charge in [0.05, 0.1) is 39.9 Å². The lowest BCUT2D eigenvalue weighted by Gasteiger charge is -2.34. The fourth-order valence-corrected chi connectivity index (χ4v) is 6.57. The van der Waals surface area contributed by atoms with Crippen LogP contribution >= 0.6 is 11.3 Å². The topological polar surface area (TPSA) is 63.1 Å². The molecule has 2 aliphatic rings. The van der Waals surface area contributed by atoms with Crippen LogP contribution in [-0.2, 0) is 11.3 Å². The molecule has 1 aliphatic heterocycles. The Balaban J connectivity index is 1.42. The number of imidazole rings is 1. The van der Waals surface area contributed by atoms with Gasteiger partial charge < -0.3 is 14.6 Å². The Hall–Kier alpha value is -2.64. The van der Waals surface area contributed by atoms with Crippen LogP contribution in [0.5, 0.6) is 0 Å². The molecule has 0 radical (unpaired) electrons. The van der Waals surface area contributed by atoms with Crippen LogP contribution in [0, 0.1) is 0 Å². The molecule has 6 nitrogen and oxygen atoms in total. The highest BCUT2D eigenvalue weighted by molar-refractivity contribution is 7.22. The summed E-state index contributed by atoms with van der Waals surface area (Å²) in [5.41, 5.74) is 3.37. The van der Waals surface area contributed by atoms with Gasteiger partial charge in [-0.05, 0) is 50.5 Å². The van der Waals surface area contributed by atoms with E-state index in [1.807, 2.05) is 24.3 Å². The van der Waals surface area contributed by atoms with E-state index in [9.17, 15) is 4.79 Å². The predicted octanol–water partition coefficient (Wildman–Crippen LogP) is 4.87. The number of rotatable bonds is 3. The van der Waals surface area contributed by atoms with E-state index in [-0.39, 0.29) is 11.4 Å². The fraction of sp³-hybridized carbons (Fsp3) is 0.417. The molecule has 3 heterocycles. The zero-order valence-corrected chi connectivity index (χ0v) is 18.6. The summed E-state index contributed by atoms with van der Waals surface area (Å²) in [5, 5.41) is 1.02. The number of para-hydroxylation sites is 3. The summed E-state index contributed by atoms with van der Waals surface area (Å²) in [5.74, 6) is 0. The minimum atomic E-state index is -0.360. The smallest absolute Gasteiger partial charge is 0.326 e. The van der Waals surface area contributed by atoms with E-state index in [4.69, 9.17) is 9.72 Å². The first-order valence-corrected chi connectivity index (χ1v) is 11.9. The van der Waals surface area contributed by atoms with Crippen LogP contribution in [0.2, 0.25) is 0 Å². The van der Waals surface area contributed by atoms with Crippen LogP contribution in [0.4, 0.5) is 5.13 Å². The van der Waals surface area contributed by atoms with Crippen LogP contribution in [0.1, 0.15) is 45.1 Å². The normalized spacial score (nSPS) is 23.0. The molecule has 7 heteroatoms. The van der Waals surface area contributed by atoms with Gasteiger partial charge in [-0.15, -0.1) is 0 Å². The molecule has 1 aliphatic carbocycles. The lowest BCUT2D eigenvalue weighted by molar-refractivity contribution is -0.0243. The molecule has 0 bridgehead atoms. The number of hydrogen-bond donors (Lipinski definition) is 1.